The van der Waals surface area contributed by atoms with Gasteiger partial charge in [0, 0.05) is 24.4 Å². The summed E-state index contributed by atoms with van der Waals surface area (Å²) >= 11 is 5.44. The molecule has 6 heteroatoms. The van der Waals surface area contributed by atoms with Crippen molar-refractivity contribution in [3.8, 4) is 17.2 Å². The average molecular weight is 301 g/mol. The first-order valence-corrected chi connectivity index (χ1v) is 6.84. The molecular weight excluding hydrogens is 286 g/mol. The van der Waals surface area contributed by atoms with Gasteiger partial charge in [0.25, 0.3) is 0 Å². The van der Waals surface area contributed by atoms with Crippen LogP contribution in [0.5, 0.6) is 11.5 Å². The number of benzene rings is 1. The fraction of sp³-hybridized carbons (Fsp3) is 0.200. The van der Waals surface area contributed by atoms with Crippen molar-refractivity contribution in [1.82, 2.24) is 14.5 Å². The number of nitrogens with one attached hydrogen (secondary N) is 1. The lowest BCUT2D eigenvalue weighted by molar-refractivity contribution is 0.394. The van der Waals surface area contributed by atoms with Crippen LogP contribution in [0.1, 0.15) is 5.56 Å². The fourth-order valence-electron chi connectivity index (χ4n) is 2.29. The molecule has 0 aliphatic rings. The Balaban J connectivity index is 2.32. The third-order valence-electron chi connectivity index (χ3n) is 3.38. The van der Waals surface area contributed by atoms with E-state index in [0.29, 0.717) is 16.3 Å². The van der Waals surface area contributed by atoms with E-state index in [1.807, 2.05) is 35.8 Å². The monoisotopic (exact) mass is 301 g/mol. The zero-order valence-electron chi connectivity index (χ0n) is 12.0. The fourth-order valence-corrected chi connectivity index (χ4v) is 2.58. The number of hydrogen-bond acceptors (Lipinski definition) is 4. The Labute approximate surface area is 127 Å². The minimum absolute atomic E-state index is 0.585. The Morgan fingerprint density at radius 1 is 1.14 bits per heavy atom. The van der Waals surface area contributed by atoms with E-state index in [4.69, 9.17) is 21.7 Å². The molecule has 2 heterocycles. The van der Waals surface area contributed by atoms with Gasteiger partial charge < -0.3 is 14.5 Å². The molecule has 1 N–H and O–H groups in total. The lowest BCUT2D eigenvalue weighted by Crippen LogP contribution is -1.98. The van der Waals surface area contributed by atoms with Gasteiger partial charge in [0.1, 0.15) is 11.5 Å². The predicted octanol–water partition coefficient (Wildman–Crippen LogP) is 3.41. The molecule has 3 rings (SSSR count). The van der Waals surface area contributed by atoms with Gasteiger partial charge in [0.2, 0.25) is 0 Å². The van der Waals surface area contributed by atoms with Gasteiger partial charge >= 0.3 is 0 Å². The van der Waals surface area contributed by atoms with Crippen LogP contribution < -0.4 is 9.47 Å². The van der Waals surface area contributed by atoms with Crippen molar-refractivity contribution in [1.29, 1.82) is 0 Å². The molecule has 2 aromatic heterocycles. The molecule has 0 aliphatic heterocycles. The smallest absolute Gasteiger partial charge is 0.184 e. The van der Waals surface area contributed by atoms with Crippen LogP contribution in [0.25, 0.3) is 16.9 Å². The largest absolute Gasteiger partial charge is 0.497 e. The highest BCUT2D eigenvalue weighted by atomic mass is 32.1. The first-order valence-electron chi connectivity index (χ1n) is 6.44. The van der Waals surface area contributed by atoms with E-state index in [1.54, 1.807) is 20.4 Å². The van der Waals surface area contributed by atoms with E-state index in [0.717, 1.165) is 22.4 Å². The van der Waals surface area contributed by atoms with Crippen molar-refractivity contribution in [3.63, 3.8) is 0 Å². The first kappa shape index (κ1) is 13.6. The number of imidazole rings is 1. The van der Waals surface area contributed by atoms with Gasteiger partial charge in [0.15, 0.2) is 10.4 Å². The number of nitrogens with zero attached hydrogens (tertiary/aromatic N) is 2. The quantitative estimate of drug-likeness (QED) is 0.753. The maximum Gasteiger partial charge on any atom is 0.184 e. The van der Waals surface area contributed by atoms with E-state index >= 15 is 0 Å². The number of aryl methyl sites for hydroxylation is 1. The van der Waals surface area contributed by atoms with Gasteiger partial charge in [-0.05, 0) is 30.8 Å². The van der Waals surface area contributed by atoms with Gasteiger partial charge in [-0.15, -0.1) is 0 Å². The van der Waals surface area contributed by atoms with Gasteiger partial charge in [-0.3, -0.25) is 4.57 Å². The van der Waals surface area contributed by atoms with Gasteiger partial charge in [-0.1, -0.05) is 0 Å². The van der Waals surface area contributed by atoms with Crippen molar-refractivity contribution in [2.45, 2.75) is 6.92 Å². The standard InChI is InChI=1S/C15H15N3O2S/c1-9-4-5-16-14-13(9)17-15(21)18(14)10-6-11(19-2)8-12(7-10)20-3/h4-8H,1-3H3,(H,17,21). The van der Waals surface area contributed by atoms with Crippen LogP contribution in [0.15, 0.2) is 30.5 Å². The molecule has 3 aromatic rings. The summed E-state index contributed by atoms with van der Waals surface area (Å²) in [6.07, 6.45) is 1.77. The maximum absolute atomic E-state index is 5.44. The summed E-state index contributed by atoms with van der Waals surface area (Å²) in [6, 6.07) is 7.57. The molecule has 0 amide bonds. The molecule has 0 atom stereocenters. The molecule has 0 saturated heterocycles. The lowest BCUT2D eigenvalue weighted by Gasteiger charge is -2.09. The number of aromatic nitrogens is 3. The summed E-state index contributed by atoms with van der Waals surface area (Å²) in [4.78, 5) is 7.64. The number of fused-ring (bicyclic) bond motifs is 1. The van der Waals surface area contributed by atoms with Crippen LogP contribution in [-0.2, 0) is 0 Å². The van der Waals surface area contributed by atoms with Gasteiger partial charge in [-0.25, -0.2) is 4.98 Å². The number of H-pyrrole nitrogens is 1. The second-order valence-electron chi connectivity index (χ2n) is 4.66. The number of pyridine rings is 1. The topological polar surface area (TPSA) is 52.1 Å². The minimum Gasteiger partial charge on any atom is -0.497 e. The Hall–Kier alpha value is -2.34. The van der Waals surface area contributed by atoms with Crippen molar-refractivity contribution in [2.24, 2.45) is 0 Å². The number of rotatable bonds is 3. The Morgan fingerprint density at radius 2 is 1.81 bits per heavy atom. The average Bonchev–Trinajstić information content (AvgIpc) is 2.84. The van der Waals surface area contributed by atoms with E-state index < -0.39 is 0 Å². The molecular formula is C15H15N3O2S. The number of methoxy groups -OCH3 is 2. The molecule has 0 unspecified atom stereocenters. The molecule has 0 saturated carbocycles. The zero-order valence-corrected chi connectivity index (χ0v) is 12.8. The summed E-state index contributed by atoms with van der Waals surface area (Å²) in [7, 11) is 3.24. The highest BCUT2D eigenvalue weighted by Gasteiger charge is 2.11. The van der Waals surface area contributed by atoms with Crippen molar-refractivity contribution >= 4 is 23.4 Å². The molecule has 21 heavy (non-hydrogen) atoms. The highest BCUT2D eigenvalue weighted by Crippen LogP contribution is 2.27. The summed E-state index contributed by atoms with van der Waals surface area (Å²) in [6.45, 7) is 2.02. The molecule has 0 bridgehead atoms. The van der Waals surface area contributed by atoms with Crippen molar-refractivity contribution in [3.05, 3.63) is 40.8 Å². The van der Waals surface area contributed by atoms with Crippen molar-refractivity contribution < 1.29 is 9.47 Å². The number of hydrogen-bond donors (Lipinski definition) is 1. The van der Waals surface area contributed by atoms with Crippen molar-refractivity contribution in [2.75, 3.05) is 14.2 Å². The third-order valence-corrected chi connectivity index (χ3v) is 3.67. The normalized spacial score (nSPS) is 10.8. The Bertz CT molecular complexity index is 845. The Morgan fingerprint density at radius 3 is 2.43 bits per heavy atom. The molecule has 108 valence electrons. The predicted molar refractivity (Wildman–Crippen MR) is 84.1 cm³/mol. The van der Waals surface area contributed by atoms with Crippen LogP contribution in [0.2, 0.25) is 0 Å². The van der Waals surface area contributed by atoms with Crippen LogP contribution >= 0.6 is 12.2 Å². The zero-order chi connectivity index (χ0) is 15.0. The minimum atomic E-state index is 0.585. The molecule has 5 nitrogen and oxygen atoms in total. The number of ether oxygens (including phenoxy) is 2. The molecule has 1 aromatic carbocycles. The summed E-state index contributed by atoms with van der Waals surface area (Å²) in [5, 5.41) is 0. The Kier molecular flexibility index (Phi) is 3.39. The maximum atomic E-state index is 5.44. The molecule has 0 aliphatic carbocycles. The van der Waals surface area contributed by atoms with Crippen LogP contribution in [0.4, 0.5) is 0 Å². The molecule has 0 radical (unpaired) electrons. The SMILES string of the molecule is COc1cc(OC)cc(-n2c(=S)[nH]c3c(C)ccnc32)c1. The van der Waals surface area contributed by atoms with E-state index in [9.17, 15) is 0 Å². The van der Waals surface area contributed by atoms with Crippen LogP contribution in [0.3, 0.4) is 0 Å². The molecule has 0 spiro atoms. The first-order chi connectivity index (χ1) is 10.1. The third kappa shape index (κ3) is 2.27. The summed E-state index contributed by atoms with van der Waals surface area (Å²) in [5.74, 6) is 1.40. The van der Waals surface area contributed by atoms with E-state index in [-0.39, 0.29) is 0 Å². The second-order valence-corrected chi connectivity index (χ2v) is 5.05. The van der Waals surface area contributed by atoms with Gasteiger partial charge in [-0.2, -0.15) is 0 Å². The van der Waals surface area contributed by atoms with E-state index in [2.05, 4.69) is 9.97 Å². The van der Waals surface area contributed by atoms with Gasteiger partial charge in [0.05, 0.1) is 25.4 Å². The second kappa shape index (κ2) is 5.21. The summed E-state index contributed by atoms with van der Waals surface area (Å²) in [5.41, 5.74) is 3.67. The summed E-state index contributed by atoms with van der Waals surface area (Å²) < 4.78 is 13.1. The molecule has 0 fully saturated rings. The lowest BCUT2D eigenvalue weighted by atomic mass is 10.2. The van der Waals surface area contributed by atoms with Crippen LogP contribution in [0, 0.1) is 11.7 Å². The van der Waals surface area contributed by atoms with Crippen LogP contribution in [-0.4, -0.2) is 28.8 Å². The van der Waals surface area contributed by atoms with E-state index in [1.165, 1.54) is 0 Å². The highest BCUT2D eigenvalue weighted by molar-refractivity contribution is 7.71. The number of aromatic amines is 1.